The molecule has 0 saturated heterocycles. The van der Waals surface area contributed by atoms with Crippen molar-refractivity contribution in [2.75, 3.05) is 0 Å². The van der Waals surface area contributed by atoms with Gasteiger partial charge in [0, 0.05) is 23.5 Å². The van der Waals surface area contributed by atoms with Gasteiger partial charge in [0.2, 0.25) is 0 Å². The Morgan fingerprint density at radius 2 is 1.33 bits per heavy atom. The van der Waals surface area contributed by atoms with Crippen molar-refractivity contribution in [1.82, 2.24) is 0 Å². The fourth-order valence-electron chi connectivity index (χ4n) is 5.21. The monoisotopic (exact) mass is 516 g/mol. The SMILES string of the molecule is C[C@]1(O)C/C(=N/N=C(c2ccccc2)c2ccccc2)[C@H](C(=O)OCc2ccccc2)[C@H](c2ccccc2)C1. The van der Waals surface area contributed by atoms with Gasteiger partial charge in [0.25, 0.3) is 0 Å². The number of rotatable bonds is 7. The molecular weight excluding hydrogens is 484 g/mol. The van der Waals surface area contributed by atoms with Gasteiger partial charge < -0.3 is 9.84 Å². The molecule has 1 aliphatic carbocycles. The second kappa shape index (κ2) is 12.0. The van der Waals surface area contributed by atoms with Crippen LogP contribution in [0.4, 0.5) is 0 Å². The van der Waals surface area contributed by atoms with E-state index in [2.05, 4.69) is 0 Å². The van der Waals surface area contributed by atoms with E-state index in [1.807, 2.05) is 121 Å². The summed E-state index contributed by atoms with van der Waals surface area (Å²) in [6.07, 6.45) is 0.636. The van der Waals surface area contributed by atoms with Gasteiger partial charge in [-0.1, -0.05) is 121 Å². The second-order valence-electron chi connectivity index (χ2n) is 10.2. The van der Waals surface area contributed by atoms with Crippen LogP contribution in [0.1, 0.15) is 47.9 Å². The van der Waals surface area contributed by atoms with Crippen molar-refractivity contribution < 1.29 is 14.6 Å². The van der Waals surface area contributed by atoms with Crippen LogP contribution in [0.5, 0.6) is 0 Å². The maximum absolute atomic E-state index is 13.7. The van der Waals surface area contributed by atoms with Gasteiger partial charge >= 0.3 is 5.97 Å². The Morgan fingerprint density at radius 3 is 1.90 bits per heavy atom. The number of benzene rings is 4. The molecule has 5 nitrogen and oxygen atoms in total. The minimum Gasteiger partial charge on any atom is -0.460 e. The highest BCUT2D eigenvalue weighted by Gasteiger charge is 2.45. The van der Waals surface area contributed by atoms with Crippen LogP contribution in [-0.4, -0.2) is 28.1 Å². The van der Waals surface area contributed by atoms with Crippen molar-refractivity contribution in [3.63, 3.8) is 0 Å². The van der Waals surface area contributed by atoms with Gasteiger partial charge in [-0.3, -0.25) is 4.79 Å². The van der Waals surface area contributed by atoms with Gasteiger partial charge in [-0.15, -0.1) is 5.10 Å². The maximum atomic E-state index is 13.7. The molecule has 1 fully saturated rings. The fraction of sp³-hybridized carbons (Fsp3) is 0.206. The second-order valence-corrected chi connectivity index (χ2v) is 10.2. The maximum Gasteiger partial charge on any atom is 0.315 e. The highest BCUT2D eigenvalue weighted by Crippen LogP contribution is 2.42. The number of hydrogen-bond donors (Lipinski definition) is 1. The lowest BCUT2D eigenvalue weighted by Crippen LogP contribution is -2.45. The molecule has 1 aliphatic rings. The molecule has 0 unspecified atom stereocenters. The first-order chi connectivity index (χ1) is 19.0. The van der Waals surface area contributed by atoms with Gasteiger partial charge in [-0.2, -0.15) is 5.10 Å². The van der Waals surface area contributed by atoms with Gasteiger partial charge in [-0.05, 0) is 24.5 Å². The number of carbonyl (C=O) groups excluding carboxylic acids is 1. The zero-order chi connectivity index (χ0) is 27.1. The lowest BCUT2D eigenvalue weighted by molar-refractivity contribution is -0.149. The van der Waals surface area contributed by atoms with E-state index < -0.39 is 11.5 Å². The highest BCUT2D eigenvalue weighted by molar-refractivity contribution is 6.13. The van der Waals surface area contributed by atoms with E-state index in [0.29, 0.717) is 17.8 Å². The summed E-state index contributed by atoms with van der Waals surface area (Å²) in [5.41, 5.74) is 3.87. The lowest BCUT2D eigenvalue weighted by atomic mass is 9.68. The fourth-order valence-corrected chi connectivity index (χ4v) is 5.21. The number of aliphatic hydroxyl groups is 1. The van der Waals surface area contributed by atoms with E-state index in [1.54, 1.807) is 6.92 Å². The van der Waals surface area contributed by atoms with Crippen molar-refractivity contribution in [2.45, 2.75) is 37.9 Å². The van der Waals surface area contributed by atoms with E-state index >= 15 is 0 Å². The van der Waals surface area contributed by atoms with E-state index in [-0.39, 0.29) is 24.9 Å². The van der Waals surface area contributed by atoms with Gasteiger partial charge in [0.05, 0.1) is 11.3 Å². The van der Waals surface area contributed by atoms with Crippen LogP contribution in [0.3, 0.4) is 0 Å². The Morgan fingerprint density at radius 1 is 0.821 bits per heavy atom. The molecule has 3 atom stereocenters. The summed E-state index contributed by atoms with van der Waals surface area (Å²) in [4.78, 5) is 13.7. The van der Waals surface area contributed by atoms with Crippen LogP contribution in [-0.2, 0) is 16.1 Å². The van der Waals surface area contributed by atoms with Gasteiger partial charge in [-0.25, -0.2) is 0 Å². The zero-order valence-corrected chi connectivity index (χ0v) is 22.0. The van der Waals surface area contributed by atoms with Crippen LogP contribution >= 0.6 is 0 Å². The summed E-state index contributed by atoms with van der Waals surface area (Å²) < 4.78 is 5.84. The number of nitrogens with zero attached hydrogens (tertiary/aromatic N) is 2. The largest absolute Gasteiger partial charge is 0.460 e. The van der Waals surface area contributed by atoms with Gasteiger partial charge in [0.15, 0.2) is 0 Å². The Bertz CT molecular complexity index is 1390. The molecule has 196 valence electrons. The van der Waals surface area contributed by atoms with E-state index in [4.69, 9.17) is 14.9 Å². The average molecular weight is 517 g/mol. The Labute approximate surface area is 229 Å². The molecule has 0 aliphatic heterocycles. The lowest BCUT2D eigenvalue weighted by Gasteiger charge is -2.39. The molecule has 5 heteroatoms. The van der Waals surface area contributed by atoms with Crippen LogP contribution in [0.15, 0.2) is 132 Å². The Kier molecular flexibility index (Phi) is 8.09. The molecule has 1 N–H and O–H groups in total. The van der Waals surface area contributed by atoms with E-state index in [0.717, 1.165) is 22.3 Å². The average Bonchev–Trinajstić information content (AvgIpc) is 2.97. The normalized spacial score (nSPS) is 21.7. The summed E-state index contributed by atoms with van der Waals surface area (Å²) >= 11 is 0. The molecule has 0 heterocycles. The quantitative estimate of drug-likeness (QED) is 0.172. The number of esters is 1. The predicted molar refractivity (Wildman–Crippen MR) is 155 cm³/mol. The van der Waals surface area contributed by atoms with Crippen LogP contribution in [0, 0.1) is 5.92 Å². The van der Waals surface area contributed by atoms with Crippen molar-refractivity contribution >= 4 is 17.4 Å². The summed E-state index contributed by atoms with van der Waals surface area (Å²) in [5.74, 6) is -1.34. The molecule has 4 aromatic carbocycles. The minimum atomic E-state index is -1.05. The van der Waals surface area contributed by atoms with Crippen molar-refractivity contribution in [3.05, 3.63) is 144 Å². The Hall–Kier alpha value is -4.35. The van der Waals surface area contributed by atoms with Crippen LogP contribution in [0.2, 0.25) is 0 Å². The molecule has 0 bridgehead atoms. The van der Waals surface area contributed by atoms with Gasteiger partial charge in [0.1, 0.15) is 18.2 Å². The molecule has 39 heavy (non-hydrogen) atoms. The first-order valence-corrected chi connectivity index (χ1v) is 13.2. The van der Waals surface area contributed by atoms with Crippen molar-refractivity contribution in [3.8, 4) is 0 Å². The smallest absolute Gasteiger partial charge is 0.315 e. The van der Waals surface area contributed by atoms with Crippen molar-refractivity contribution in [2.24, 2.45) is 16.1 Å². The number of carbonyl (C=O) groups is 1. The zero-order valence-electron chi connectivity index (χ0n) is 22.0. The molecule has 1 saturated carbocycles. The molecule has 0 amide bonds. The first-order valence-electron chi connectivity index (χ1n) is 13.2. The molecular formula is C34H32N2O3. The topological polar surface area (TPSA) is 71.2 Å². The summed E-state index contributed by atoms with van der Waals surface area (Å²) in [6, 6.07) is 39.2. The molecule has 0 aromatic heterocycles. The molecule has 5 rings (SSSR count). The summed E-state index contributed by atoms with van der Waals surface area (Å²) in [5, 5.41) is 20.7. The summed E-state index contributed by atoms with van der Waals surface area (Å²) in [6.45, 7) is 1.97. The third-order valence-electron chi connectivity index (χ3n) is 7.06. The predicted octanol–water partition coefficient (Wildman–Crippen LogP) is 6.57. The molecule has 0 spiro atoms. The minimum absolute atomic E-state index is 0.171. The van der Waals surface area contributed by atoms with E-state index in [9.17, 15) is 9.90 Å². The van der Waals surface area contributed by atoms with Crippen LogP contribution in [0.25, 0.3) is 0 Å². The number of ether oxygens (including phenoxy) is 1. The third kappa shape index (κ3) is 6.57. The molecule has 4 aromatic rings. The molecule has 0 radical (unpaired) electrons. The third-order valence-corrected chi connectivity index (χ3v) is 7.06. The standard InChI is InChI=1S/C34H32N2O3/c1-34(38)22-29(26-16-8-3-9-17-26)31(33(37)39-24-25-14-6-2-7-15-25)30(23-34)35-36-32(27-18-10-4-11-19-27)28-20-12-5-13-21-28/h2-21,29,31,38H,22-24H2,1H3/b35-30-/t29-,31+,34+/m0/s1. The van der Waals surface area contributed by atoms with E-state index in [1.165, 1.54) is 0 Å². The Balaban J connectivity index is 1.57. The van der Waals surface area contributed by atoms with Crippen LogP contribution < -0.4 is 0 Å². The first kappa shape index (κ1) is 26.3. The van der Waals surface area contributed by atoms with Crippen molar-refractivity contribution in [1.29, 1.82) is 0 Å². The summed E-state index contributed by atoms with van der Waals surface area (Å²) in [7, 11) is 0. The number of hydrogen-bond acceptors (Lipinski definition) is 5. The highest BCUT2D eigenvalue weighted by atomic mass is 16.5.